The van der Waals surface area contributed by atoms with E-state index < -0.39 is 41.1 Å². The number of benzene rings is 1. The van der Waals surface area contributed by atoms with E-state index in [0.29, 0.717) is 51.7 Å². The number of nitrogens with one attached hydrogen (secondary N) is 4. The highest BCUT2D eigenvalue weighted by Gasteiger charge is 2.43. The molecular formula is C33H48N6O6S. The van der Waals surface area contributed by atoms with E-state index >= 15 is 0 Å². The zero-order valence-electron chi connectivity index (χ0n) is 27.3. The molecule has 12 nitrogen and oxygen atoms in total. The first-order chi connectivity index (χ1) is 21.8. The third-order valence-electron chi connectivity index (χ3n) is 9.21. The molecule has 3 aliphatic rings. The molecule has 13 heteroatoms. The molecule has 1 aliphatic carbocycles. The number of rotatable bonds is 11. The summed E-state index contributed by atoms with van der Waals surface area (Å²) in [4.78, 5) is 81.4. The molecule has 2 saturated heterocycles. The smallest absolute Gasteiger partial charge is 0.315 e. The Morgan fingerprint density at radius 1 is 0.957 bits per heavy atom. The molecule has 0 saturated carbocycles. The summed E-state index contributed by atoms with van der Waals surface area (Å²) in [5.41, 5.74) is 1.85. The van der Waals surface area contributed by atoms with Gasteiger partial charge in [-0.1, -0.05) is 45.0 Å². The Bertz CT molecular complexity index is 1310. The Balaban J connectivity index is 1.51. The number of hydrogen-bond donors (Lipinski definition) is 5. The van der Waals surface area contributed by atoms with Crippen molar-refractivity contribution in [3.8, 4) is 0 Å². The maximum atomic E-state index is 14.3. The number of amides is 6. The van der Waals surface area contributed by atoms with Gasteiger partial charge in [-0.05, 0) is 67.9 Å². The van der Waals surface area contributed by atoms with Gasteiger partial charge in [0.2, 0.25) is 17.7 Å². The number of urea groups is 1. The van der Waals surface area contributed by atoms with Crippen LogP contribution in [-0.2, 0) is 36.8 Å². The minimum Gasteiger partial charge on any atom is -0.350 e. The van der Waals surface area contributed by atoms with Gasteiger partial charge in [0.1, 0.15) is 17.5 Å². The Morgan fingerprint density at radius 3 is 2.24 bits per heavy atom. The maximum absolute atomic E-state index is 14.3. The van der Waals surface area contributed by atoms with Crippen LogP contribution in [-0.4, -0.2) is 94.9 Å². The van der Waals surface area contributed by atoms with E-state index in [4.69, 9.17) is 0 Å². The van der Waals surface area contributed by atoms with E-state index in [0.717, 1.165) is 24.0 Å². The highest BCUT2D eigenvalue weighted by molar-refractivity contribution is 7.82. The van der Waals surface area contributed by atoms with Gasteiger partial charge in [-0.25, -0.2) is 4.79 Å². The molecule has 0 aromatic heterocycles. The Hall–Kier alpha value is -3.61. The van der Waals surface area contributed by atoms with Crippen molar-refractivity contribution in [3.05, 3.63) is 35.4 Å². The van der Waals surface area contributed by atoms with Gasteiger partial charge in [-0.2, -0.15) is 0 Å². The summed E-state index contributed by atoms with van der Waals surface area (Å²) in [7, 11) is 0. The van der Waals surface area contributed by atoms with E-state index in [-0.39, 0.29) is 35.7 Å². The number of piperidine rings is 1. The fraction of sp³-hybridized carbons (Fsp3) is 0.636. The van der Waals surface area contributed by atoms with E-state index in [2.05, 4.69) is 33.9 Å². The summed E-state index contributed by atoms with van der Waals surface area (Å²) >= 11 is 4.13. The van der Waals surface area contributed by atoms with Gasteiger partial charge in [-0.15, -0.1) is 12.6 Å². The lowest BCUT2D eigenvalue weighted by molar-refractivity contribution is -0.142. The summed E-state index contributed by atoms with van der Waals surface area (Å²) in [6.07, 6.45) is 4.39. The fourth-order valence-electron chi connectivity index (χ4n) is 6.51. The van der Waals surface area contributed by atoms with E-state index in [9.17, 15) is 28.8 Å². The number of likely N-dealkylation sites (N-methyl/N-ethyl adjacent to an activating group) is 1. The molecule has 2 fully saturated rings. The Morgan fingerprint density at radius 2 is 1.63 bits per heavy atom. The van der Waals surface area contributed by atoms with Crippen LogP contribution in [0, 0.1) is 11.3 Å². The molecule has 1 unspecified atom stereocenters. The Labute approximate surface area is 276 Å². The number of thiol groups is 1. The van der Waals surface area contributed by atoms with E-state index in [1.54, 1.807) is 11.8 Å². The number of ketones is 1. The van der Waals surface area contributed by atoms with Crippen molar-refractivity contribution in [2.45, 2.75) is 96.1 Å². The first-order valence-corrected chi connectivity index (χ1v) is 16.8. The second-order valence-electron chi connectivity index (χ2n) is 13.6. The number of carbonyl (C=O) groups excluding carboxylic acids is 6. The summed E-state index contributed by atoms with van der Waals surface area (Å²) in [5, 5.41) is 9.55. The first kappa shape index (κ1) is 35.2. The van der Waals surface area contributed by atoms with Gasteiger partial charge in [0.25, 0.3) is 11.7 Å². The molecule has 2 aliphatic heterocycles. The molecule has 252 valence electrons. The monoisotopic (exact) mass is 656 g/mol. The number of carbonyl (C=O) groups is 6. The summed E-state index contributed by atoms with van der Waals surface area (Å²) in [6, 6.07) is 5.25. The van der Waals surface area contributed by atoms with Crippen LogP contribution in [0.15, 0.2) is 24.3 Å². The molecule has 0 spiro atoms. The van der Waals surface area contributed by atoms with Crippen LogP contribution < -0.4 is 21.3 Å². The molecule has 2 heterocycles. The van der Waals surface area contributed by atoms with E-state index in [1.807, 2.05) is 45.0 Å². The first-order valence-electron chi connectivity index (χ1n) is 16.3. The zero-order valence-corrected chi connectivity index (χ0v) is 28.2. The minimum atomic E-state index is -1.36. The second-order valence-corrected chi connectivity index (χ2v) is 14.1. The SMILES string of the molecule is CCNC(=O)C(=O)C(S)NC(=O)[C@@H]1CCCN1C(=O)[C@@H](NC(=O)N[C@H](CN1CCCCC1=O)C(C)(C)C)C1Cc2ccccc2C1. The second kappa shape index (κ2) is 15.3. The summed E-state index contributed by atoms with van der Waals surface area (Å²) in [5.74, 6) is -2.87. The van der Waals surface area contributed by atoms with Crippen LogP contribution in [0.2, 0.25) is 0 Å². The fourth-order valence-corrected chi connectivity index (χ4v) is 6.76. The summed E-state index contributed by atoms with van der Waals surface area (Å²) < 4.78 is 0. The number of fused-ring (bicyclic) bond motifs is 1. The van der Waals surface area contributed by atoms with Crippen LogP contribution >= 0.6 is 12.6 Å². The van der Waals surface area contributed by atoms with Gasteiger partial charge in [0.15, 0.2) is 0 Å². The topological polar surface area (TPSA) is 157 Å². The zero-order chi connectivity index (χ0) is 33.6. The predicted molar refractivity (Wildman–Crippen MR) is 176 cm³/mol. The molecule has 4 rings (SSSR count). The van der Waals surface area contributed by atoms with Crippen molar-refractivity contribution in [2.24, 2.45) is 11.3 Å². The van der Waals surface area contributed by atoms with Gasteiger partial charge in [-0.3, -0.25) is 24.0 Å². The van der Waals surface area contributed by atoms with Crippen LogP contribution in [0.1, 0.15) is 70.9 Å². The van der Waals surface area contributed by atoms with Crippen LogP contribution in [0.3, 0.4) is 0 Å². The molecular weight excluding hydrogens is 608 g/mol. The van der Waals surface area contributed by atoms with E-state index in [1.165, 1.54) is 4.90 Å². The van der Waals surface area contributed by atoms with Gasteiger partial charge in [0, 0.05) is 32.6 Å². The van der Waals surface area contributed by atoms with Crippen LogP contribution in [0.4, 0.5) is 4.79 Å². The molecule has 4 N–H and O–H groups in total. The van der Waals surface area contributed by atoms with Gasteiger partial charge < -0.3 is 31.1 Å². The summed E-state index contributed by atoms with van der Waals surface area (Å²) in [6.45, 7) is 9.26. The largest absolute Gasteiger partial charge is 0.350 e. The van der Waals surface area contributed by atoms with Crippen LogP contribution in [0.5, 0.6) is 0 Å². The van der Waals surface area contributed by atoms with Crippen molar-refractivity contribution < 1.29 is 28.8 Å². The third kappa shape index (κ3) is 8.59. The maximum Gasteiger partial charge on any atom is 0.315 e. The number of nitrogens with zero attached hydrogens (tertiary/aromatic N) is 2. The lowest BCUT2D eigenvalue weighted by Crippen LogP contribution is -2.61. The molecule has 46 heavy (non-hydrogen) atoms. The molecule has 1 aromatic carbocycles. The van der Waals surface area contributed by atoms with Crippen molar-refractivity contribution in [2.75, 3.05) is 26.2 Å². The molecule has 1 aromatic rings. The number of Topliss-reactive ketones (excluding diaryl/α,β-unsaturated/α-hetero) is 1. The molecule has 0 bridgehead atoms. The van der Waals surface area contributed by atoms with Gasteiger partial charge >= 0.3 is 6.03 Å². The average Bonchev–Trinajstić information content (AvgIpc) is 3.67. The quantitative estimate of drug-likeness (QED) is 0.138. The lowest BCUT2D eigenvalue weighted by atomic mass is 9.86. The predicted octanol–water partition coefficient (Wildman–Crippen LogP) is 1.56. The van der Waals surface area contributed by atoms with Crippen molar-refractivity contribution in [3.63, 3.8) is 0 Å². The average molecular weight is 657 g/mol. The molecule has 6 amide bonds. The van der Waals surface area contributed by atoms with Gasteiger partial charge in [0.05, 0.1) is 6.04 Å². The normalized spacial score (nSPS) is 20.4. The van der Waals surface area contributed by atoms with Crippen molar-refractivity contribution in [1.82, 2.24) is 31.1 Å². The minimum absolute atomic E-state index is 0.0778. The molecule has 0 radical (unpaired) electrons. The Kier molecular flexibility index (Phi) is 11.7. The van der Waals surface area contributed by atoms with Crippen molar-refractivity contribution >= 4 is 48.1 Å². The number of likely N-dealkylation sites (tertiary alicyclic amines) is 2. The van der Waals surface area contributed by atoms with Crippen molar-refractivity contribution in [1.29, 1.82) is 0 Å². The lowest BCUT2D eigenvalue weighted by Gasteiger charge is -2.38. The number of hydrogen-bond acceptors (Lipinski definition) is 7. The highest BCUT2D eigenvalue weighted by Crippen LogP contribution is 2.31. The third-order valence-corrected chi connectivity index (χ3v) is 9.57. The highest BCUT2D eigenvalue weighted by atomic mass is 32.1. The molecule has 4 atom stereocenters. The standard InChI is InChI=1S/C33H48N6O6S/c1-5-34-29(43)27(41)30(46)37-28(42)23-13-10-16-39(23)31(44)26(22-17-20-11-6-7-12-21(20)18-22)36-32(45)35-24(33(2,3)4)19-38-15-9-8-14-25(38)40/h6-7,11-12,22-24,26,30,46H,5,8-10,13-19H2,1-4H3,(H,34,43)(H,37,42)(H2,35,36,45)/t23-,24+,26-,30?/m0/s1. The van der Waals surface area contributed by atoms with Crippen LogP contribution in [0.25, 0.3) is 0 Å².